The minimum atomic E-state index is -0.200. The molecule has 148 valence electrons. The van der Waals surface area contributed by atoms with E-state index in [2.05, 4.69) is 26.7 Å². The molecule has 3 aromatic carbocycles. The smallest absolute Gasteiger partial charge is 0.255 e. The number of imidazole rings is 1. The van der Waals surface area contributed by atoms with Crippen LogP contribution in [0.3, 0.4) is 0 Å². The van der Waals surface area contributed by atoms with Gasteiger partial charge in [-0.2, -0.15) is 5.26 Å². The van der Waals surface area contributed by atoms with E-state index in [-0.39, 0.29) is 5.91 Å². The van der Waals surface area contributed by atoms with Crippen LogP contribution in [0.2, 0.25) is 5.02 Å². The summed E-state index contributed by atoms with van der Waals surface area (Å²) in [7, 11) is 0. The van der Waals surface area contributed by atoms with E-state index in [1.54, 1.807) is 30.3 Å². The number of amides is 1. The Hall–Kier alpha value is -3.82. The zero-order valence-electron chi connectivity index (χ0n) is 15.9. The van der Waals surface area contributed by atoms with Crippen LogP contribution in [0.5, 0.6) is 0 Å². The molecule has 6 nitrogen and oxygen atoms in total. The van der Waals surface area contributed by atoms with Crippen molar-refractivity contribution in [2.75, 3.05) is 17.2 Å². The minimum absolute atomic E-state index is 0.200. The van der Waals surface area contributed by atoms with Crippen molar-refractivity contribution in [2.45, 2.75) is 6.42 Å². The zero-order valence-corrected chi connectivity index (χ0v) is 16.7. The number of carbonyl (C=O) groups is 1. The van der Waals surface area contributed by atoms with Crippen LogP contribution in [0, 0.1) is 11.3 Å². The van der Waals surface area contributed by atoms with Crippen molar-refractivity contribution in [3.8, 4) is 6.07 Å². The standard InChI is InChI=1S/C23H18ClN5O/c24-18-5-1-3-16(13-18)22(30)27-19-9-7-15(8-10-19)11-12-26-23-28-20-6-2-4-17(14-25)21(20)29-23/h1-10,13H,11-12H2,(H,27,30)(H2,26,28,29). The van der Waals surface area contributed by atoms with Gasteiger partial charge >= 0.3 is 0 Å². The molecule has 0 fully saturated rings. The van der Waals surface area contributed by atoms with Crippen LogP contribution in [-0.2, 0) is 6.42 Å². The number of rotatable bonds is 6. The molecular formula is C23H18ClN5O. The van der Waals surface area contributed by atoms with Gasteiger partial charge in [0, 0.05) is 22.8 Å². The van der Waals surface area contributed by atoms with Crippen molar-refractivity contribution in [3.05, 3.63) is 88.4 Å². The summed E-state index contributed by atoms with van der Waals surface area (Å²) in [5.74, 6) is 0.437. The summed E-state index contributed by atoms with van der Waals surface area (Å²) in [5.41, 5.74) is 4.40. The molecule has 0 unspecified atom stereocenters. The summed E-state index contributed by atoms with van der Waals surface area (Å²) in [5, 5.41) is 15.8. The highest BCUT2D eigenvalue weighted by molar-refractivity contribution is 6.31. The fraction of sp³-hybridized carbons (Fsp3) is 0.0870. The number of carbonyl (C=O) groups excluding carboxylic acids is 1. The summed E-state index contributed by atoms with van der Waals surface area (Å²) in [4.78, 5) is 19.9. The lowest BCUT2D eigenvalue weighted by molar-refractivity contribution is 0.102. The summed E-state index contributed by atoms with van der Waals surface area (Å²) in [6.45, 7) is 0.677. The Kier molecular flexibility index (Phi) is 5.64. The average molecular weight is 416 g/mol. The Morgan fingerprint density at radius 3 is 2.67 bits per heavy atom. The van der Waals surface area contributed by atoms with E-state index in [4.69, 9.17) is 16.9 Å². The molecule has 7 heteroatoms. The molecule has 1 aromatic heterocycles. The molecule has 4 rings (SSSR count). The highest BCUT2D eigenvalue weighted by Crippen LogP contribution is 2.18. The normalized spacial score (nSPS) is 10.5. The molecule has 0 saturated heterocycles. The fourth-order valence-corrected chi connectivity index (χ4v) is 3.31. The lowest BCUT2D eigenvalue weighted by Crippen LogP contribution is -2.12. The van der Waals surface area contributed by atoms with Crippen molar-refractivity contribution in [3.63, 3.8) is 0 Å². The van der Waals surface area contributed by atoms with Gasteiger partial charge in [-0.1, -0.05) is 35.9 Å². The molecule has 30 heavy (non-hydrogen) atoms. The number of para-hydroxylation sites is 1. The van der Waals surface area contributed by atoms with Gasteiger partial charge in [-0.05, 0) is 54.4 Å². The summed E-state index contributed by atoms with van der Waals surface area (Å²) in [6, 6.07) is 22.1. The molecule has 0 aliphatic rings. The maximum Gasteiger partial charge on any atom is 0.255 e. The third kappa shape index (κ3) is 4.43. The molecule has 1 heterocycles. The van der Waals surface area contributed by atoms with Gasteiger partial charge in [-0.15, -0.1) is 0 Å². The zero-order chi connectivity index (χ0) is 20.9. The number of nitrogens with one attached hydrogen (secondary N) is 3. The largest absolute Gasteiger partial charge is 0.355 e. The van der Waals surface area contributed by atoms with E-state index in [1.165, 1.54) is 0 Å². The van der Waals surface area contributed by atoms with Crippen molar-refractivity contribution < 1.29 is 4.79 Å². The van der Waals surface area contributed by atoms with Crippen LogP contribution in [0.15, 0.2) is 66.7 Å². The van der Waals surface area contributed by atoms with E-state index in [9.17, 15) is 4.79 Å². The van der Waals surface area contributed by atoms with Crippen molar-refractivity contribution in [1.29, 1.82) is 5.26 Å². The predicted molar refractivity (Wildman–Crippen MR) is 119 cm³/mol. The summed E-state index contributed by atoms with van der Waals surface area (Å²) in [6.07, 6.45) is 0.782. The Bertz CT molecular complexity index is 1240. The van der Waals surface area contributed by atoms with Crippen LogP contribution in [0.1, 0.15) is 21.5 Å². The van der Waals surface area contributed by atoms with E-state index in [0.717, 1.165) is 23.2 Å². The third-order valence-corrected chi connectivity index (χ3v) is 4.87. The highest BCUT2D eigenvalue weighted by atomic mass is 35.5. The number of nitriles is 1. The van der Waals surface area contributed by atoms with Crippen LogP contribution >= 0.6 is 11.6 Å². The molecule has 0 bridgehead atoms. The maximum absolute atomic E-state index is 12.3. The number of nitrogens with zero attached hydrogens (tertiary/aromatic N) is 2. The lowest BCUT2D eigenvalue weighted by Gasteiger charge is -2.07. The Morgan fingerprint density at radius 1 is 1.10 bits per heavy atom. The number of anilines is 2. The average Bonchev–Trinajstić information content (AvgIpc) is 3.18. The second kappa shape index (κ2) is 8.68. The van der Waals surface area contributed by atoms with Gasteiger partial charge in [-0.3, -0.25) is 4.79 Å². The van der Waals surface area contributed by atoms with Crippen molar-refractivity contribution >= 4 is 40.2 Å². The van der Waals surface area contributed by atoms with Crippen LogP contribution in [0.25, 0.3) is 11.0 Å². The van der Waals surface area contributed by atoms with Crippen LogP contribution < -0.4 is 10.6 Å². The second-order valence-electron chi connectivity index (χ2n) is 6.74. The monoisotopic (exact) mass is 415 g/mol. The first kappa shape index (κ1) is 19.5. The van der Waals surface area contributed by atoms with Gasteiger partial charge in [0.1, 0.15) is 11.6 Å². The number of fused-ring (bicyclic) bond motifs is 1. The quantitative estimate of drug-likeness (QED) is 0.413. The van der Waals surface area contributed by atoms with E-state index >= 15 is 0 Å². The minimum Gasteiger partial charge on any atom is -0.355 e. The maximum atomic E-state index is 12.3. The van der Waals surface area contributed by atoms with Crippen LogP contribution in [0.4, 0.5) is 11.6 Å². The number of hydrogen-bond donors (Lipinski definition) is 3. The molecule has 0 radical (unpaired) electrons. The summed E-state index contributed by atoms with van der Waals surface area (Å²) < 4.78 is 0. The summed E-state index contributed by atoms with van der Waals surface area (Å²) >= 11 is 5.94. The van der Waals surface area contributed by atoms with E-state index in [0.29, 0.717) is 34.2 Å². The highest BCUT2D eigenvalue weighted by Gasteiger charge is 2.08. The Morgan fingerprint density at radius 2 is 1.90 bits per heavy atom. The molecule has 0 aliphatic carbocycles. The number of benzene rings is 3. The fourth-order valence-electron chi connectivity index (χ4n) is 3.12. The molecule has 0 saturated carbocycles. The van der Waals surface area contributed by atoms with Gasteiger partial charge in [0.25, 0.3) is 5.91 Å². The first-order chi connectivity index (χ1) is 14.6. The molecule has 1 amide bonds. The Balaban J connectivity index is 1.33. The molecule has 0 spiro atoms. The number of aromatic nitrogens is 2. The van der Waals surface area contributed by atoms with E-state index in [1.807, 2.05) is 36.4 Å². The predicted octanol–water partition coefficient (Wildman–Crippen LogP) is 4.99. The molecular weight excluding hydrogens is 398 g/mol. The SMILES string of the molecule is N#Cc1cccc2[nH]c(NCCc3ccc(NC(=O)c4cccc(Cl)c4)cc3)nc12. The first-order valence-electron chi connectivity index (χ1n) is 9.41. The molecule has 3 N–H and O–H groups in total. The van der Waals surface area contributed by atoms with Gasteiger partial charge in [0.2, 0.25) is 5.95 Å². The number of halogens is 1. The van der Waals surface area contributed by atoms with Gasteiger partial charge in [0.15, 0.2) is 0 Å². The van der Waals surface area contributed by atoms with E-state index < -0.39 is 0 Å². The Labute approximate surface area is 178 Å². The topological polar surface area (TPSA) is 93.6 Å². The van der Waals surface area contributed by atoms with Gasteiger partial charge in [-0.25, -0.2) is 4.98 Å². The molecule has 0 aliphatic heterocycles. The van der Waals surface area contributed by atoms with Crippen LogP contribution in [-0.4, -0.2) is 22.4 Å². The number of aromatic amines is 1. The number of H-pyrrole nitrogens is 1. The van der Waals surface area contributed by atoms with Crippen molar-refractivity contribution in [2.24, 2.45) is 0 Å². The third-order valence-electron chi connectivity index (χ3n) is 4.64. The number of hydrogen-bond acceptors (Lipinski definition) is 4. The molecule has 0 atom stereocenters. The second-order valence-corrected chi connectivity index (χ2v) is 7.17. The lowest BCUT2D eigenvalue weighted by atomic mass is 10.1. The van der Waals surface area contributed by atoms with Crippen molar-refractivity contribution in [1.82, 2.24) is 9.97 Å². The first-order valence-corrected chi connectivity index (χ1v) is 9.79. The van der Waals surface area contributed by atoms with Gasteiger partial charge < -0.3 is 15.6 Å². The molecule has 4 aromatic rings. The van der Waals surface area contributed by atoms with Gasteiger partial charge in [0.05, 0.1) is 11.1 Å².